The van der Waals surface area contributed by atoms with Gasteiger partial charge in [-0.15, -0.1) is 11.3 Å². The molecule has 0 fully saturated rings. The molecule has 1 aromatic carbocycles. The van der Waals surface area contributed by atoms with Crippen LogP contribution in [0.2, 0.25) is 0 Å². The van der Waals surface area contributed by atoms with Crippen molar-refractivity contribution in [2.75, 3.05) is 13.7 Å². The molecule has 0 aliphatic rings. The normalized spacial score (nSPS) is 11.0. The monoisotopic (exact) mass is 406 g/mol. The van der Waals surface area contributed by atoms with Crippen LogP contribution in [0.5, 0.6) is 5.75 Å². The van der Waals surface area contributed by atoms with E-state index in [1.54, 1.807) is 35.7 Å². The third-order valence-electron chi connectivity index (χ3n) is 4.83. The Balaban J connectivity index is 1.60. The molecule has 1 amide bonds. The number of benzene rings is 1. The van der Waals surface area contributed by atoms with Crippen LogP contribution in [0.15, 0.2) is 48.1 Å². The van der Waals surface area contributed by atoms with Gasteiger partial charge in [-0.25, -0.2) is 0 Å². The van der Waals surface area contributed by atoms with Gasteiger partial charge in [-0.05, 0) is 43.5 Å². The summed E-state index contributed by atoms with van der Waals surface area (Å²) in [5, 5.41) is 10.1. The molecule has 0 unspecified atom stereocenters. The topological polar surface area (TPSA) is 71.1 Å². The van der Waals surface area contributed by atoms with E-state index in [1.165, 1.54) is 0 Å². The number of hydrogen-bond donors (Lipinski definition) is 1. The fourth-order valence-electron chi connectivity index (χ4n) is 3.35. The van der Waals surface area contributed by atoms with Crippen molar-refractivity contribution in [3.8, 4) is 16.2 Å². The molecule has 0 radical (unpaired) electrons. The summed E-state index contributed by atoms with van der Waals surface area (Å²) in [4.78, 5) is 20.3. The lowest BCUT2D eigenvalue weighted by Gasteiger charge is -2.19. The Kier molecular flexibility index (Phi) is 5.31. The summed E-state index contributed by atoms with van der Waals surface area (Å²) in [6.07, 6.45) is 3.56. The summed E-state index contributed by atoms with van der Waals surface area (Å²) in [6, 6.07) is 9.70. The lowest BCUT2D eigenvalue weighted by molar-refractivity contribution is 0.0785. The number of aryl methyl sites for hydroxylation is 1. The van der Waals surface area contributed by atoms with Crippen LogP contribution < -0.4 is 4.74 Å². The smallest absolute Gasteiger partial charge is 0.254 e. The van der Waals surface area contributed by atoms with E-state index in [1.807, 2.05) is 43.5 Å². The second kappa shape index (κ2) is 8.05. The maximum atomic E-state index is 13.1. The summed E-state index contributed by atoms with van der Waals surface area (Å²) in [7, 11) is 1.79. The van der Waals surface area contributed by atoms with Crippen LogP contribution >= 0.6 is 11.3 Å². The van der Waals surface area contributed by atoms with Crippen LogP contribution in [0.4, 0.5) is 0 Å². The molecule has 1 N–H and O–H groups in total. The van der Waals surface area contributed by atoms with E-state index < -0.39 is 0 Å². The first-order valence-corrected chi connectivity index (χ1v) is 10.3. The largest absolute Gasteiger partial charge is 0.493 e. The molecule has 0 spiro atoms. The molecule has 29 heavy (non-hydrogen) atoms. The number of aromatic amines is 1. The molecule has 7 heteroatoms. The van der Waals surface area contributed by atoms with Crippen molar-refractivity contribution >= 4 is 28.1 Å². The average Bonchev–Trinajstić information content (AvgIpc) is 3.42. The molecular weight excluding hydrogens is 384 g/mol. The number of thiophene rings is 1. The van der Waals surface area contributed by atoms with Crippen LogP contribution in [0.25, 0.3) is 21.3 Å². The molecule has 3 heterocycles. The van der Waals surface area contributed by atoms with Gasteiger partial charge in [0, 0.05) is 52.4 Å². The zero-order valence-corrected chi connectivity index (χ0v) is 17.4. The standard InChI is InChI=1S/C22H22N4O2S/c1-4-28-19-10-15(7-8-17(19)20-6-5-9-29-20)22(27)26(3)13-16-11-23-14(2)18-12-24-25-21(16)18/h5-12H,4,13H2,1-3H3,(H,24,25). The van der Waals surface area contributed by atoms with Crippen molar-refractivity contribution in [2.45, 2.75) is 20.4 Å². The summed E-state index contributed by atoms with van der Waals surface area (Å²) in [5.41, 5.74) is 4.36. The molecule has 148 valence electrons. The molecule has 0 saturated carbocycles. The predicted molar refractivity (Wildman–Crippen MR) is 115 cm³/mol. The quantitative estimate of drug-likeness (QED) is 0.505. The summed E-state index contributed by atoms with van der Waals surface area (Å²) < 4.78 is 5.82. The van der Waals surface area contributed by atoms with Gasteiger partial charge in [0.05, 0.1) is 18.3 Å². The highest BCUT2D eigenvalue weighted by molar-refractivity contribution is 7.13. The summed E-state index contributed by atoms with van der Waals surface area (Å²) in [6.45, 7) is 4.86. The van der Waals surface area contributed by atoms with Gasteiger partial charge in [-0.2, -0.15) is 5.10 Å². The maximum absolute atomic E-state index is 13.1. The van der Waals surface area contributed by atoms with Crippen molar-refractivity contribution in [3.63, 3.8) is 0 Å². The number of H-pyrrole nitrogens is 1. The third-order valence-corrected chi connectivity index (χ3v) is 5.74. The van der Waals surface area contributed by atoms with E-state index in [9.17, 15) is 4.79 Å². The van der Waals surface area contributed by atoms with E-state index in [0.29, 0.717) is 18.7 Å². The van der Waals surface area contributed by atoms with Crippen LogP contribution in [-0.4, -0.2) is 39.6 Å². The number of amides is 1. The van der Waals surface area contributed by atoms with Crippen LogP contribution in [0, 0.1) is 6.92 Å². The Labute approximate surface area is 173 Å². The van der Waals surface area contributed by atoms with Crippen molar-refractivity contribution in [1.82, 2.24) is 20.1 Å². The van der Waals surface area contributed by atoms with E-state index in [4.69, 9.17) is 4.74 Å². The Bertz CT molecular complexity index is 1150. The van der Waals surface area contributed by atoms with E-state index in [2.05, 4.69) is 21.2 Å². The lowest BCUT2D eigenvalue weighted by atomic mass is 10.1. The van der Waals surface area contributed by atoms with Gasteiger partial charge in [0.2, 0.25) is 0 Å². The molecule has 0 aliphatic heterocycles. The van der Waals surface area contributed by atoms with Gasteiger partial charge in [-0.1, -0.05) is 6.07 Å². The van der Waals surface area contributed by atoms with Crippen LogP contribution in [-0.2, 0) is 6.54 Å². The second-order valence-electron chi connectivity index (χ2n) is 6.81. The van der Waals surface area contributed by atoms with Crippen LogP contribution in [0.1, 0.15) is 28.5 Å². The maximum Gasteiger partial charge on any atom is 0.254 e. The van der Waals surface area contributed by atoms with E-state index >= 15 is 0 Å². The van der Waals surface area contributed by atoms with E-state index in [0.717, 1.165) is 38.4 Å². The fourth-order valence-corrected chi connectivity index (χ4v) is 4.10. The Hall–Kier alpha value is -3.19. The molecule has 0 aliphatic carbocycles. The first kappa shape index (κ1) is 19.1. The highest BCUT2D eigenvalue weighted by Crippen LogP contribution is 2.34. The molecule has 0 saturated heterocycles. The lowest BCUT2D eigenvalue weighted by Crippen LogP contribution is -2.26. The number of nitrogens with zero attached hydrogens (tertiary/aromatic N) is 3. The molecule has 0 bridgehead atoms. The molecule has 3 aromatic heterocycles. The zero-order valence-electron chi connectivity index (χ0n) is 16.6. The number of ether oxygens (including phenoxy) is 1. The highest BCUT2D eigenvalue weighted by atomic mass is 32.1. The van der Waals surface area contributed by atoms with Crippen LogP contribution in [0.3, 0.4) is 0 Å². The highest BCUT2D eigenvalue weighted by Gasteiger charge is 2.18. The van der Waals surface area contributed by atoms with Gasteiger partial charge in [0.25, 0.3) is 5.91 Å². The number of hydrogen-bond acceptors (Lipinski definition) is 5. The first-order valence-electron chi connectivity index (χ1n) is 9.42. The molecular formula is C22H22N4O2S. The van der Waals surface area contributed by atoms with E-state index in [-0.39, 0.29) is 5.91 Å². The Morgan fingerprint density at radius 1 is 1.28 bits per heavy atom. The minimum absolute atomic E-state index is 0.0723. The van der Waals surface area contributed by atoms with Gasteiger partial charge >= 0.3 is 0 Å². The second-order valence-corrected chi connectivity index (χ2v) is 7.76. The minimum atomic E-state index is -0.0723. The third kappa shape index (κ3) is 3.73. The van der Waals surface area contributed by atoms with Gasteiger partial charge in [0.15, 0.2) is 0 Å². The molecule has 6 nitrogen and oxygen atoms in total. The minimum Gasteiger partial charge on any atom is -0.493 e. The van der Waals surface area contributed by atoms with Crippen molar-refractivity contribution < 1.29 is 9.53 Å². The molecule has 4 rings (SSSR count). The Morgan fingerprint density at radius 3 is 2.90 bits per heavy atom. The predicted octanol–water partition coefficient (Wildman–Crippen LogP) is 4.67. The van der Waals surface area contributed by atoms with Gasteiger partial charge in [-0.3, -0.25) is 14.9 Å². The number of fused-ring (bicyclic) bond motifs is 1. The Morgan fingerprint density at radius 2 is 2.14 bits per heavy atom. The fraction of sp³-hybridized carbons (Fsp3) is 0.227. The number of pyridine rings is 1. The zero-order chi connectivity index (χ0) is 20.4. The van der Waals surface area contributed by atoms with Crippen molar-refractivity contribution in [2.24, 2.45) is 0 Å². The number of carbonyl (C=O) groups is 1. The van der Waals surface area contributed by atoms with Gasteiger partial charge < -0.3 is 9.64 Å². The first-order chi connectivity index (χ1) is 14.1. The number of nitrogens with one attached hydrogen (secondary N) is 1. The van der Waals surface area contributed by atoms with Crippen molar-refractivity contribution in [3.05, 3.63) is 64.9 Å². The summed E-state index contributed by atoms with van der Waals surface area (Å²) >= 11 is 1.65. The average molecular weight is 407 g/mol. The number of aromatic nitrogens is 3. The van der Waals surface area contributed by atoms with Gasteiger partial charge in [0.1, 0.15) is 5.75 Å². The summed E-state index contributed by atoms with van der Waals surface area (Å²) in [5.74, 6) is 0.652. The SMILES string of the molecule is CCOc1cc(C(=O)N(C)Cc2cnc(C)c3cn[nH]c23)ccc1-c1cccs1. The van der Waals surface area contributed by atoms with Crippen molar-refractivity contribution in [1.29, 1.82) is 0 Å². The number of rotatable bonds is 6. The molecule has 0 atom stereocenters. The number of carbonyl (C=O) groups excluding carboxylic acids is 1. The molecule has 4 aromatic rings.